The van der Waals surface area contributed by atoms with Crippen LogP contribution in [0.2, 0.25) is 0 Å². The van der Waals surface area contributed by atoms with Crippen LogP contribution < -0.4 is 4.90 Å². The molecule has 0 saturated carbocycles. The molecule has 0 aromatic heterocycles. The Hall–Kier alpha value is -2.84. The van der Waals surface area contributed by atoms with E-state index in [9.17, 15) is 0 Å². The van der Waals surface area contributed by atoms with Crippen molar-refractivity contribution in [1.29, 1.82) is 0 Å². The molecule has 0 aliphatic carbocycles. The molecule has 0 heterocycles. The number of rotatable bonds is 4. The van der Waals surface area contributed by atoms with E-state index in [1.165, 1.54) is 16.7 Å². The van der Waals surface area contributed by atoms with Crippen LogP contribution in [0.4, 0.5) is 17.1 Å². The Morgan fingerprint density at radius 2 is 1.17 bits per heavy atom. The van der Waals surface area contributed by atoms with Crippen molar-refractivity contribution in [2.24, 2.45) is 0 Å². The van der Waals surface area contributed by atoms with E-state index in [1.54, 1.807) is 0 Å². The maximum atomic E-state index is 3.74. The summed E-state index contributed by atoms with van der Waals surface area (Å²) in [6.07, 6.45) is 0. The van der Waals surface area contributed by atoms with Crippen molar-refractivity contribution in [3.8, 4) is 11.1 Å². The molecule has 30 heavy (non-hydrogen) atoms. The minimum atomic E-state index is 0.0623. The number of halogens is 1. The summed E-state index contributed by atoms with van der Waals surface area (Å²) >= 11 is 3.74. The molecular formula is C28H26BrN. The second kappa shape index (κ2) is 8.49. The van der Waals surface area contributed by atoms with Gasteiger partial charge in [-0.15, -0.1) is 0 Å². The number of benzene rings is 4. The summed E-state index contributed by atoms with van der Waals surface area (Å²) in [6, 6.07) is 36.5. The first kappa shape index (κ1) is 20.4. The fraction of sp³-hybridized carbons (Fsp3) is 0.143. The molecule has 0 amide bonds. The lowest BCUT2D eigenvalue weighted by Gasteiger charge is -2.28. The molecule has 0 radical (unpaired) electrons. The molecule has 4 aromatic rings. The number of anilines is 3. The van der Waals surface area contributed by atoms with Gasteiger partial charge >= 0.3 is 0 Å². The van der Waals surface area contributed by atoms with Crippen molar-refractivity contribution in [1.82, 2.24) is 0 Å². The molecule has 4 aromatic carbocycles. The van der Waals surface area contributed by atoms with Crippen molar-refractivity contribution in [3.63, 3.8) is 0 Å². The quantitative estimate of drug-likeness (QED) is 0.296. The summed E-state index contributed by atoms with van der Waals surface area (Å²) in [5.41, 5.74) is 7.21. The van der Waals surface area contributed by atoms with Gasteiger partial charge in [-0.05, 0) is 64.6 Å². The molecule has 0 bridgehead atoms. The number of hydrogen-bond acceptors (Lipinski definition) is 1. The first-order valence-electron chi connectivity index (χ1n) is 10.2. The maximum Gasteiger partial charge on any atom is 0.0475 e. The molecular weight excluding hydrogens is 430 g/mol. The normalized spacial score (nSPS) is 11.3. The van der Waals surface area contributed by atoms with Crippen LogP contribution in [0.15, 0.2) is 108 Å². The number of para-hydroxylation sites is 1. The lowest BCUT2D eigenvalue weighted by atomic mass is 9.87. The first-order chi connectivity index (χ1) is 14.4. The van der Waals surface area contributed by atoms with Gasteiger partial charge in [0.1, 0.15) is 0 Å². The average Bonchev–Trinajstić information content (AvgIpc) is 2.75. The van der Waals surface area contributed by atoms with Crippen LogP contribution >= 0.6 is 15.9 Å². The van der Waals surface area contributed by atoms with Crippen molar-refractivity contribution in [2.45, 2.75) is 26.2 Å². The first-order valence-corrected chi connectivity index (χ1v) is 11.0. The van der Waals surface area contributed by atoms with E-state index in [0.717, 1.165) is 21.5 Å². The highest BCUT2D eigenvalue weighted by molar-refractivity contribution is 9.10. The SMILES string of the molecule is CC(C)(C)c1cc(Br)cc(N(c2ccccc2)c2cccc(-c3ccccc3)c2)c1. The minimum absolute atomic E-state index is 0.0623. The number of nitrogens with zero attached hydrogens (tertiary/aromatic N) is 1. The van der Waals surface area contributed by atoms with Gasteiger partial charge in [-0.1, -0.05) is 97.4 Å². The molecule has 0 fully saturated rings. The Morgan fingerprint density at radius 1 is 0.567 bits per heavy atom. The second-order valence-corrected chi connectivity index (χ2v) is 9.45. The van der Waals surface area contributed by atoms with E-state index in [0.29, 0.717) is 0 Å². The lowest BCUT2D eigenvalue weighted by molar-refractivity contribution is 0.590. The van der Waals surface area contributed by atoms with Crippen LogP contribution in [0.5, 0.6) is 0 Å². The largest absolute Gasteiger partial charge is 0.310 e. The van der Waals surface area contributed by atoms with Crippen molar-refractivity contribution >= 4 is 33.0 Å². The van der Waals surface area contributed by atoms with Crippen LogP contribution in [0.3, 0.4) is 0 Å². The van der Waals surface area contributed by atoms with Gasteiger partial charge in [0.05, 0.1) is 0 Å². The fourth-order valence-electron chi connectivity index (χ4n) is 3.62. The highest BCUT2D eigenvalue weighted by atomic mass is 79.9. The molecule has 0 aliphatic heterocycles. The average molecular weight is 456 g/mol. The Bertz CT molecular complexity index is 1130. The molecule has 150 valence electrons. The van der Waals surface area contributed by atoms with E-state index in [4.69, 9.17) is 0 Å². The van der Waals surface area contributed by atoms with Gasteiger partial charge in [-0.3, -0.25) is 0 Å². The van der Waals surface area contributed by atoms with Crippen LogP contribution in [-0.2, 0) is 5.41 Å². The Morgan fingerprint density at radius 3 is 1.83 bits per heavy atom. The van der Waals surface area contributed by atoms with E-state index in [-0.39, 0.29) is 5.41 Å². The molecule has 0 spiro atoms. The lowest BCUT2D eigenvalue weighted by Crippen LogP contribution is -2.14. The van der Waals surface area contributed by atoms with Gasteiger partial charge in [-0.25, -0.2) is 0 Å². The minimum Gasteiger partial charge on any atom is -0.310 e. The van der Waals surface area contributed by atoms with Gasteiger partial charge in [0, 0.05) is 21.5 Å². The summed E-state index contributed by atoms with van der Waals surface area (Å²) in [7, 11) is 0. The van der Waals surface area contributed by atoms with E-state index >= 15 is 0 Å². The van der Waals surface area contributed by atoms with E-state index in [2.05, 4.69) is 145 Å². The highest BCUT2D eigenvalue weighted by Gasteiger charge is 2.19. The van der Waals surface area contributed by atoms with Gasteiger partial charge in [0.2, 0.25) is 0 Å². The Balaban J connectivity index is 1.89. The summed E-state index contributed by atoms with van der Waals surface area (Å²) in [5, 5.41) is 0. The maximum absolute atomic E-state index is 3.74. The molecule has 0 saturated heterocycles. The zero-order chi connectivity index (χ0) is 21.1. The van der Waals surface area contributed by atoms with E-state index in [1.807, 2.05) is 0 Å². The molecule has 1 nitrogen and oxygen atoms in total. The van der Waals surface area contributed by atoms with Crippen molar-refractivity contribution in [2.75, 3.05) is 4.90 Å². The second-order valence-electron chi connectivity index (χ2n) is 8.54. The third-order valence-corrected chi connectivity index (χ3v) is 5.69. The standard InChI is InChI=1S/C28H26BrN/c1-28(2,3)23-18-24(29)20-27(19-23)30(25-14-8-5-9-15-25)26-16-10-13-22(17-26)21-11-6-4-7-12-21/h4-20H,1-3H3. The van der Waals surface area contributed by atoms with Gasteiger partial charge in [0.15, 0.2) is 0 Å². The van der Waals surface area contributed by atoms with Crippen LogP contribution in [0.25, 0.3) is 11.1 Å². The summed E-state index contributed by atoms with van der Waals surface area (Å²) in [6.45, 7) is 6.75. The van der Waals surface area contributed by atoms with E-state index < -0.39 is 0 Å². The number of hydrogen-bond donors (Lipinski definition) is 0. The summed E-state index contributed by atoms with van der Waals surface area (Å²) in [5.74, 6) is 0. The molecule has 4 rings (SSSR count). The van der Waals surface area contributed by atoms with Crippen molar-refractivity contribution < 1.29 is 0 Å². The fourth-order valence-corrected chi connectivity index (χ4v) is 4.10. The third-order valence-electron chi connectivity index (χ3n) is 5.23. The molecule has 0 N–H and O–H groups in total. The predicted molar refractivity (Wildman–Crippen MR) is 133 cm³/mol. The molecule has 0 atom stereocenters. The zero-order valence-electron chi connectivity index (χ0n) is 17.6. The molecule has 0 aliphatic rings. The molecule has 0 unspecified atom stereocenters. The molecule has 2 heteroatoms. The summed E-state index contributed by atoms with van der Waals surface area (Å²) < 4.78 is 1.09. The topological polar surface area (TPSA) is 3.24 Å². The monoisotopic (exact) mass is 455 g/mol. The van der Waals surface area contributed by atoms with Crippen LogP contribution in [-0.4, -0.2) is 0 Å². The van der Waals surface area contributed by atoms with Gasteiger partial charge < -0.3 is 4.90 Å². The predicted octanol–water partition coefficient (Wildman–Crippen LogP) is 8.88. The Labute approximate surface area is 188 Å². The van der Waals surface area contributed by atoms with Crippen LogP contribution in [0.1, 0.15) is 26.3 Å². The van der Waals surface area contributed by atoms with Gasteiger partial charge in [-0.2, -0.15) is 0 Å². The van der Waals surface area contributed by atoms with Gasteiger partial charge in [0.25, 0.3) is 0 Å². The Kier molecular flexibility index (Phi) is 5.78. The van der Waals surface area contributed by atoms with Crippen LogP contribution in [0, 0.1) is 0 Å². The highest BCUT2D eigenvalue weighted by Crippen LogP contribution is 2.39. The third kappa shape index (κ3) is 4.49. The zero-order valence-corrected chi connectivity index (χ0v) is 19.2. The smallest absolute Gasteiger partial charge is 0.0475 e. The summed E-state index contributed by atoms with van der Waals surface area (Å²) in [4.78, 5) is 2.33. The van der Waals surface area contributed by atoms with Crippen molar-refractivity contribution in [3.05, 3.63) is 113 Å².